The monoisotopic (exact) mass is 431 g/mol. The zero-order chi connectivity index (χ0) is 19.4. The Balaban J connectivity index is 1.99. The van der Waals surface area contributed by atoms with E-state index in [4.69, 9.17) is 4.74 Å². The lowest BCUT2D eigenvalue weighted by Gasteiger charge is -2.34. The number of carbonyl (C=O) groups is 2. The van der Waals surface area contributed by atoms with Crippen molar-refractivity contribution in [1.82, 2.24) is 5.32 Å². The molecular weight excluding hydrogens is 406 g/mol. The third kappa shape index (κ3) is 4.34. The van der Waals surface area contributed by atoms with E-state index in [1.54, 1.807) is 0 Å². The zero-order valence-electron chi connectivity index (χ0n) is 15.9. The Bertz CT molecular complexity index is 810. The summed E-state index contributed by atoms with van der Waals surface area (Å²) >= 11 is 3.51. The normalized spacial score (nSPS) is 19.7. The van der Waals surface area contributed by atoms with Crippen molar-refractivity contribution in [3.63, 3.8) is 0 Å². The largest absolute Gasteiger partial charge is 0.462 e. The second-order valence-electron chi connectivity index (χ2n) is 7.16. The fourth-order valence-corrected chi connectivity index (χ4v) is 4.28. The predicted molar refractivity (Wildman–Crippen MR) is 109 cm³/mol. The summed E-state index contributed by atoms with van der Waals surface area (Å²) in [6, 6.07) is 7.85. The molecule has 1 aromatic carbocycles. The first-order valence-electron chi connectivity index (χ1n) is 9.69. The molecule has 144 valence electrons. The van der Waals surface area contributed by atoms with Gasteiger partial charge in [0.05, 0.1) is 12.2 Å². The molecule has 1 N–H and O–H groups in total. The number of allylic oxidation sites excluding steroid dienone is 3. The van der Waals surface area contributed by atoms with E-state index in [-0.39, 0.29) is 17.7 Å². The van der Waals surface area contributed by atoms with Gasteiger partial charge >= 0.3 is 5.97 Å². The number of hydrogen-bond acceptors (Lipinski definition) is 4. The van der Waals surface area contributed by atoms with Crippen LogP contribution in [0.3, 0.4) is 0 Å². The van der Waals surface area contributed by atoms with Gasteiger partial charge in [-0.1, -0.05) is 47.8 Å². The number of halogens is 1. The summed E-state index contributed by atoms with van der Waals surface area (Å²) in [7, 11) is 0. The van der Waals surface area contributed by atoms with Crippen LogP contribution in [-0.4, -0.2) is 18.4 Å². The molecule has 1 atom stereocenters. The standard InChI is InChI=1S/C22H26BrNO3/c1-3-4-5-12-27-22(26)19-14(2)24-17-10-7-11-18(25)21(17)20(19)15-8-6-9-16(23)13-15/h6,8-9,13,20,24H,3-5,7,10-12H2,1-2H3/t20-/m1/s1. The Morgan fingerprint density at radius 3 is 2.85 bits per heavy atom. The maximum Gasteiger partial charge on any atom is 0.336 e. The molecule has 5 heteroatoms. The van der Waals surface area contributed by atoms with Crippen LogP contribution < -0.4 is 5.32 Å². The summed E-state index contributed by atoms with van der Waals surface area (Å²) in [5.41, 5.74) is 3.96. The van der Waals surface area contributed by atoms with Gasteiger partial charge in [0.15, 0.2) is 5.78 Å². The van der Waals surface area contributed by atoms with Gasteiger partial charge in [0.25, 0.3) is 0 Å². The number of dihydropyridines is 1. The van der Waals surface area contributed by atoms with Crippen molar-refractivity contribution in [2.45, 2.75) is 58.3 Å². The highest BCUT2D eigenvalue weighted by molar-refractivity contribution is 9.10. The molecule has 0 bridgehead atoms. The molecule has 27 heavy (non-hydrogen) atoms. The highest BCUT2D eigenvalue weighted by Gasteiger charge is 2.39. The number of hydrogen-bond donors (Lipinski definition) is 1. The summed E-state index contributed by atoms with van der Waals surface area (Å²) < 4.78 is 6.50. The molecule has 0 saturated heterocycles. The Hall–Kier alpha value is -1.88. The average Bonchev–Trinajstić information content (AvgIpc) is 2.64. The summed E-state index contributed by atoms with van der Waals surface area (Å²) in [6.07, 6.45) is 5.18. The summed E-state index contributed by atoms with van der Waals surface area (Å²) in [5.74, 6) is -0.575. The van der Waals surface area contributed by atoms with Crippen LogP contribution in [-0.2, 0) is 14.3 Å². The van der Waals surface area contributed by atoms with Crippen molar-refractivity contribution in [3.05, 3.63) is 56.8 Å². The Kier molecular flexibility index (Phi) is 6.53. The van der Waals surface area contributed by atoms with Gasteiger partial charge in [-0.2, -0.15) is 0 Å². The lowest BCUT2D eigenvalue weighted by Crippen LogP contribution is -2.34. The molecule has 0 unspecified atom stereocenters. The van der Waals surface area contributed by atoms with E-state index in [0.29, 0.717) is 18.6 Å². The molecule has 0 amide bonds. The average molecular weight is 432 g/mol. The Labute approximate surface area is 169 Å². The molecule has 1 heterocycles. The van der Waals surface area contributed by atoms with E-state index in [1.807, 2.05) is 31.2 Å². The first kappa shape index (κ1) is 19.9. The number of nitrogens with one attached hydrogen (secondary N) is 1. The third-order valence-electron chi connectivity index (χ3n) is 5.16. The molecule has 0 spiro atoms. The summed E-state index contributed by atoms with van der Waals surface area (Å²) in [5, 5.41) is 3.32. The molecule has 0 aromatic heterocycles. The molecule has 4 nitrogen and oxygen atoms in total. The SMILES string of the molecule is CCCCCOC(=O)C1=C(C)NC2=C(C(=O)CCC2)[C@@H]1c1cccc(Br)c1. The van der Waals surface area contributed by atoms with Gasteiger partial charge in [0, 0.05) is 33.8 Å². The number of rotatable bonds is 6. The van der Waals surface area contributed by atoms with E-state index in [1.165, 1.54) is 0 Å². The second kappa shape index (κ2) is 8.87. The number of ether oxygens (including phenoxy) is 1. The minimum Gasteiger partial charge on any atom is -0.462 e. The number of benzene rings is 1. The van der Waals surface area contributed by atoms with Gasteiger partial charge in [0.1, 0.15) is 0 Å². The van der Waals surface area contributed by atoms with Crippen LogP contribution in [0.2, 0.25) is 0 Å². The fraction of sp³-hybridized carbons (Fsp3) is 0.455. The molecule has 2 aliphatic rings. The van der Waals surface area contributed by atoms with Gasteiger partial charge < -0.3 is 10.1 Å². The molecule has 0 radical (unpaired) electrons. The van der Waals surface area contributed by atoms with Crippen molar-refractivity contribution in [2.75, 3.05) is 6.61 Å². The van der Waals surface area contributed by atoms with Crippen molar-refractivity contribution in [1.29, 1.82) is 0 Å². The maximum atomic E-state index is 13.0. The van der Waals surface area contributed by atoms with Crippen LogP contribution in [0.1, 0.15) is 63.9 Å². The molecule has 0 saturated carbocycles. The van der Waals surface area contributed by atoms with E-state index in [0.717, 1.165) is 59.1 Å². The topological polar surface area (TPSA) is 55.4 Å². The van der Waals surface area contributed by atoms with Gasteiger partial charge in [-0.05, 0) is 43.9 Å². The first-order chi connectivity index (χ1) is 13.0. The highest BCUT2D eigenvalue weighted by atomic mass is 79.9. The van der Waals surface area contributed by atoms with Gasteiger partial charge in [-0.3, -0.25) is 4.79 Å². The lowest BCUT2D eigenvalue weighted by atomic mass is 9.75. The van der Waals surface area contributed by atoms with Crippen LogP contribution in [0.5, 0.6) is 0 Å². The summed E-state index contributed by atoms with van der Waals surface area (Å²) in [4.78, 5) is 25.7. The van der Waals surface area contributed by atoms with Gasteiger partial charge in [-0.25, -0.2) is 4.79 Å². The molecule has 3 rings (SSSR count). The van der Waals surface area contributed by atoms with E-state index >= 15 is 0 Å². The molecule has 0 fully saturated rings. The molecular formula is C22H26BrNO3. The quantitative estimate of drug-likeness (QED) is 0.499. The van der Waals surface area contributed by atoms with Crippen molar-refractivity contribution >= 4 is 27.7 Å². The lowest BCUT2D eigenvalue weighted by molar-refractivity contribution is -0.139. The number of ketones is 1. The van der Waals surface area contributed by atoms with Crippen LogP contribution in [0.15, 0.2) is 51.3 Å². The van der Waals surface area contributed by atoms with E-state index in [9.17, 15) is 9.59 Å². The molecule has 1 aliphatic carbocycles. The first-order valence-corrected chi connectivity index (χ1v) is 10.5. The van der Waals surface area contributed by atoms with Crippen molar-refractivity contribution in [3.8, 4) is 0 Å². The predicted octanol–water partition coefficient (Wildman–Crippen LogP) is 5.15. The maximum absolute atomic E-state index is 13.0. The smallest absolute Gasteiger partial charge is 0.336 e. The van der Waals surface area contributed by atoms with E-state index < -0.39 is 0 Å². The Morgan fingerprint density at radius 1 is 1.30 bits per heavy atom. The Morgan fingerprint density at radius 2 is 2.11 bits per heavy atom. The van der Waals surface area contributed by atoms with Crippen LogP contribution in [0.25, 0.3) is 0 Å². The van der Waals surface area contributed by atoms with Crippen molar-refractivity contribution in [2.24, 2.45) is 0 Å². The van der Waals surface area contributed by atoms with Gasteiger partial charge in [-0.15, -0.1) is 0 Å². The van der Waals surface area contributed by atoms with Gasteiger partial charge in [0.2, 0.25) is 0 Å². The summed E-state index contributed by atoms with van der Waals surface area (Å²) in [6.45, 7) is 4.43. The number of carbonyl (C=O) groups excluding carboxylic acids is 2. The third-order valence-corrected chi connectivity index (χ3v) is 5.65. The second-order valence-corrected chi connectivity index (χ2v) is 8.08. The van der Waals surface area contributed by atoms with Crippen LogP contribution >= 0.6 is 15.9 Å². The number of Topliss-reactive ketones (excluding diaryl/α,β-unsaturated/α-hetero) is 1. The molecule has 1 aliphatic heterocycles. The van der Waals surface area contributed by atoms with E-state index in [2.05, 4.69) is 28.2 Å². The minimum atomic E-state index is -0.370. The zero-order valence-corrected chi connectivity index (χ0v) is 17.5. The minimum absolute atomic E-state index is 0.123. The fourth-order valence-electron chi connectivity index (χ4n) is 3.87. The molecule has 1 aromatic rings. The highest BCUT2D eigenvalue weighted by Crippen LogP contribution is 2.42. The van der Waals surface area contributed by atoms with Crippen LogP contribution in [0.4, 0.5) is 0 Å². The van der Waals surface area contributed by atoms with Crippen molar-refractivity contribution < 1.29 is 14.3 Å². The van der Waals surface area contributed by atoms with Crippen LogP contribution in [0, 0.1) is 0 Å². The number of esters is 1. The number of unbranched alkanes of at least 4 members (excludes halogenated alkanes) is 2.